The van der Waals surface area contributed by atoms with Crippen LogP contribution in [0.5, 0.6) is 0 Å². The quantitative estimate of drug-likeness (QED) is 0.114. The van der Waals surface area contributed by atoms with Gasteiger partial charge in [-0.3, -0.25) is 4.99 Å². The lowest BCUT2D eigenvalue weighted by Crippen LogP contribution is -1.86. The maximum atomic E-state index is 4.60. The van der Waals surface area contributed by atoms with Crippen LogP contribution in [0.25, 0.3) is 0 Å². The molecule has 0 rings (SSSR count). The third kappa shape index (κ3) is 25.7. The van der Waals surface area contributed by atoms with E-state index in [0.29, 0.717) is 0 Å². The van der Waals surface area contributed by atoms with Gasteiger partial charge in [0.1, 0.15) is 0 Å². The van der Waals surface area contributed by atoms with Crippen LogP contribution in [0.1, 0.15) is 162 Å². The minimum atomic E-state index is 1.06. The molecule has 0 unspecified atom stereocenters. The van der Waals surface area contributed by atoms with E-state index >= 15 is 0 Å². The fourth-order valence-corrected chi connectivity index (χ4v) is 3.95. The molecule has 0 radical (unpaired) electrons. The molecule has 0 saturated heterocycles. The van der Waals surface area contributed by atoms with Crippen LogP contribution in [-0.2, 0) is 0 Å². The van der Waals surface area contributed by atoms with Gasteiger partial charge < -0.3 is 0 Å². The van der Waals surface area contributed by atoms with Gasteiger partial charge in [-0.2, -0.15) is 0 Å². The number of aliphatic imine (C=N–C) groups is 1. The van der Waals surface area contributed by atoms with Gasteiger partial charge in [-0.25, -0.2) is 0 Å². The SMILES string of the molecule is CCCCCCCCCCCCC=NCCCCCCCCCCCCCC. The molecule has 0 N–H and O–H groups in total. The van der Waals surface area contributed by atoms with E-state index in [9.17, 15) is 0 Å². The second-order valence-corrected chi connectivity index (χ2v) is 8.95. The van der Waals surface area contributed by atoms with Gasteiger partial charge in [-0.1, -0.05) is 142 Å². The Morgan fingerprint density at radius 3 is 1.11 bits per heavy atom. The maximum Gasteiger partial charge on any atom is 0.0385 e. The monoisotopic (exact) mass is 393 g/mol. The minimum absolute atomic E-state index is 1.06. The van der Waals surface area contributed by atoms with Crippen molar-refractivity contribution in [3.8, 4) is 0 Å². The van der Waals surface area contributed by atoms with E-state index in [4.69, 9.17) is 0 Å². The summed E-state index contributed by atoms with van der Waals surface area (Å²) < 4.78 is 0. The average molecular weight is 394 g/mol. The Kier molecular flexibility index (Phi) is 26.4. The highest BCUT2D eigenvalue weighted by Crippen LogP contribution is 2.12. The van der Waals surface area contributed by atoms with Gasteiger partial charge in [0, 0.05) is 6.54 Å². The molecule has 0 aromatic rings. The Labute approximate surface area is 179 Å². The van der Waals surface area contributed by atoms with E-state index < -0.39 is 0 Å². The van der Waals surface area contributed by atoms with E-state index in [1.807, 2.05) is 0 Å². The number of nitrogens with zero attached hydrogens (tertiary/aromatic N) is 1. The first-order valence-corrected chi connectivity index (χ1v) is 13.4. The van der Waals surface area contributed by atoms with E-state index in [1.165, 1.54) is 148 Å². The fourth-order valence-electron chi connectivity index (χ4n) is 3.95. The smallest absolute Gasteiger partial charge is 0.0385 e. The van der Waals surface area contributed by atoms with Crippen LogP contribution >= 0.6 is 0 Å². The lowest BCUT2D eigenvalue weighted by molar-refractivity contribution is 0.545. The molecule has 0 heterocycles. The highest BCUT2D eigenvalue weighted by atomic mass is 14.7. The van der Waals surface area contributed by atoms with Gasteiger partial charge in [0.25, 0.3) is 0 Å². The molecule has 0 aliphatic rings. The van der Waals surface area contributed by atoms with Gasteiger partial charge >= 0.3 is 0 Å². The van der Waals surface area contributed by atoms with Crippen molar-refractivity contribution in [2.45, 2.75) is 162 Å². The molecule has 0 aromatic heterocycles. The van der Waals surface area contributed by atoms with Gasteiger partial charge in [-0.15, -0.1) is 0 Å². The van der Waals surface area contributed by atoms with Gasteiger partial charge in [0.05, 0.1) is 0 Å². The van der Waals surface area contributed by atoms with Crippen molar-refractivity contribution in [2.75, 3.05) is 6.54 Å². The van der Waals surface area contributed by atoms with E-state index in [1.54, 1.807) is 0 Å². The fraction of sp³-hybridized carbons (Fsp3) is 0.963. The summed E-state index contributed by atoms with van der Waals surface area (Å²) in [5, 5.41) is 0. The largest absolute Gasteiger partial charge is 0.298 e. The van der Waals surface area contributed by atoms with E-state index in [2.05, 4.69) is 25.1 Å². The molecule has 0 spiro atoms. The molecular weight excluding hydrogens is 338 g/mol. The molecule has 0 aliphatic carbocycles. The predicted octanol–water partition coefficient (Wildman–Crippen LogP) is 10.1. The van der Waals surface area contributed by atoms with Crippen molar-refractivity contribution in [1.82, 2.24) is 0 Å². The average Bonchev–Trinajstić information content (AvgIpc) is 2.71. The summed E-state index contributed by atoms with van der Waals surface area (Å²) in [4.78, 5) is 4.60. The van der Waals surface area contributed by atoms with Crippen LogP contribution in [0.3, 0.4) is 0 Å². The summed E-state index contributed by atoms with van der Waals surface area (Å²) >= 11 is 0. The number of hydrogen-bond acceptors (Lipinski definition) is 1. The van der Waals surface area contributed by atoms with Crippen LogP contribution < -0.4 is 0 Å². The number of hydrogen-bond donors (Lipinski definition) is 0. The maximum absolute atomic E-state index is 4.60. The molecule has 28 heavy (non-hydrogen) atoms. The number of rotatable bonds is 24. The molecule has 0 atom stereocenters. The highest BCUT2D eigenvalue weighted by Gasteiger charge is 1.94. The number of unbranched alkanes of at least 4 members (excludes halogenated alkanes) is 21. The third-order valence-corrected chi connectivity index (χ3v) is 5.96. The zero-order valence-electron chi connectivity index (χ0n) is 20.0. The Morgan fingerprint density at radius 2 is 0.714 bits per heavy atom. The lowest BCUT2D eigenvalue weighted by Gasteiger charge is -2.02. The Bertz CT molecular complexity index is 284. The molecule has 1 heteroatoms. The molecule has 0 saturated carbocycles. The summed E-state index contributed by atoms with van der Waals surface area (Å²) in [6, 6.07) is 0. The van der Waals surface area contributed by atoms with E-state index in [-0.39, 0.29) is 0 Å². The van der Waals surface area contributed by atoms with E-state index in [0.717, 1.165) is 6.54 Å². The second-order valence-electron chi connectivity index (χ2n) is 8.95. The molecule has 0 amide bonds. The first-order valence-electron chi connectivity index (χ1n) is 13.4. The van der Waals surface area contributed by atoms with Crippen LogP contribution in [-0.4, -0.2) is 12.8 Å². The van der Waals surface area contributed by atoms with Crippen molar-refractivity contribution in [2.24, 2.45) is 4.99 Å². The van der Waals surface area contributed by atoms with Gasteiger partial charge in [-0.05, 0) is 25.5 Å². The van der Waals surface area contributed by atoms with Crippen molar-refractivity contribution >= 4 is 6.21 Å². The second kappa shape index (κ2) is 26.7. The lowest BCUT2D eigenvalue weighted by atomic mass is 10.1. The van der Waals surface area contributed by atoms with Crippen LogP contribution in [0.2, 0.25) is 0 Å². The zero-order valence-corrected chi connectivity index (χ0v) is 20.0. The Hall–Kier alpha value is -0.330. The van der Waals surface area contributed by atoms with Gasteiger partial charge in [0.2, 0.25) is 0 Å². The summed E-state index contributed by atoms with van der Waals surface area (Å²) in [6.45, 7) is 5.65. The molecule has 168 valence electrons. The molecule has 0 bridgehead atoms. The summed E-state index contributed by atoms with van der Waals surface area (Å²) in [6.07, 6.45) is 34.7. The first kappa shape index (κ1) is 27.7. The molecule has 0 aromatic carbocycles. The van der Waals surface area contributed by atoms with Crippen molar-refractivity contribution in [3.63, 3.8) is 0 Å². The highest BCUT2D eigenvalue weighted by molar-refractivity contribution is 5.56. The topological polar surface area (TPSA) is 12.4 Å². The Morgan fingerprint density at radius 1 is 0.393 bits per heavy atom. The molecule has 1 nitrogen and oxygen atoms in total. The van der Waals surface area contributed by atoms with Crippen molar-refractivity contribution in [1.29, 1.82) is 0 Å². The molecule has 0 fully saturated rings. The zero-order chi connectivity index (χ0) is 20.4. The predicted molar refractivity (Wildman–Crippen MR) is 131 cm³/mol. The van der Waals surface area contributed by atoms with Crippen LogP contribution in [0, 0.1) is 0 Å². The normalized spacial score (nSPS) is 11.6. The summed E-state index contributed by atoms with van der Waals surface area (Å²) in [5.41, 5.74) is 0. The minimum Gasteiger partial charge on any atom is -0.298 e. The molecule has 0 aliphatic heterocycles. The Balaban J connectivity index is 3.05. The van der Waals surface area contributed by atoms with Crippen LogP contribution in [0.15, 0.2) is 4.99 Å². The molecular formula is C27H55N. The standard InChI is InChI=1S/C27H55N/c1-3-5-7-9-11-13-15-17-19-21-23-25-27-28-26-24-22-20-18-16-14-12-10-8-6-4-2/h26H,3-25,27H2,1-2H3. The van der Waals surface area contributed by atoms with Crippen molar-refractivity contribution in [3.05, 3.63) is 0 Å². The summed E-state index contributed by atoms with van der Waals surface area (Å²) in [5.74, 6) is 0. The third-order valence-electron chi connectivity index (χ3n) is 5.96. The van der Waals surface area contributed by atoms with Gasteiger partial charge in [0.15, 0.2) is 0 Å². The van der Waals surface area contributed by atoms with Crippen molar-refractivity contribution < 1.29 is 0 Å². The van der Waals surface area contributed by atoms with Crippen LogP contribution in [0.4, 0.5) is 0 Å². The first-order chi connectivity index (χ1) is 13.9. The summed E-state index contributed by atoms with van der Waals surface area (Å²) in [7, 11) is 0.